The molecule has 2 heteroatoms. The summed E-state index contributed by atoms with van der Waals surface area (Å²) in [5, 5.41) is 2.53. The van der Waals surface area contributed by atoms with E-state index >= 15 is 0 Å². The number of anilines is 6. The van der Waals surface area contributed by atoms with Crippen LogP contribution in [0.3, 0.4) is 0 Å². The van der Waals surface area contributed by atoms with Crippen molar-refractivity contribution < 1.29 is 0 Å². The van der Waals surface area contributed by atoms with Crippen LogP contribution in [-0.2, 0) is 6.42 Å². The van der Waals surface area contributed by atoms with E-state index in [0.29, 0.717) is 0 Å². The molecule has 1 heterocycles. The molecular formula is C59H42N2. The molecule has 10 aromatic carbocycles. The van der Waals surface area contributed by atoms with Crippen LogP contribution < -0.4 is 9.80 Å². The van der Waals surface area contributed by atoms with Gasteiger partial charge in [0.25, 0.3) is 0 Å². The van der Waals surface area contributed by atoms with E-state index in [9.17, 15) is 0 Å². The summed E-state index contributed by atoms with van der Waals surface area (Å²) >= 11 is 0. The van der Waals surface area contributed by atoms with E-state index in [0.717, 1.165) is 29.2 Å². The van der Waals surface area contributed by atoms with Gasteiger partial charge in [-0.1, -0.05) is 170 Å². The normalized spacial score (nSPS) is 11.8. The van der Waals surface area contributed by atoms with Crippen LogP contribution in [0.25, 0.3) is 55.3 Å². The fourth-order valence-electron chi connectivity index (χ4n) is 9.02. The molecule has 0 N–H and O–H groups in total. The molecule has 0 spiro atoms. The summed E-state index contributed by atoms with van der Waals surface area (Å²) in [6, 6.07) is 88.1. The van der Waals surface area contributed by atoms with Crippen molar-refractivity contribution in [3.05, 3.63) is 254 Å². The van der Waals surface area contributed by atoms with E-state index in [1.807, 2.05) is 0 Å². The SMILES string of the molecule is c1ccc(-c2ccc(N(c3ccccc3)c3ccc(-c4ccc5c(c4)Cc4cc(-c6cccc7ccccc67)ccc4N5c4ccc(-c5ccccc5)cc4)cc3)cc2)cc1. The predicted molar refractivity (Wildman–Crippen MR) is 258 cm³/mol. The second-order valence-electron chi connectivity index (χ2n) is 15.8. The van der Waals surface area contributed by atoms with Crippen LogP contribution in [0.1, 0.15) is 11.1 Å². The van der Waals surface area contributed by atoms with Crippen LogP contribution in [-0.4, -0.2) is 0 Å². The zero-order chi connectivity index (χ0) is 40.5. The largest absolute Gasteiger partial charge is 0.311 e. The number of fused-ring (bicyclic) bond motifs is 3. The highest BCUT2D eigenvalue weighted by molar-refractivity contribution is 5.98. The first-order valence-corrected chi connectivity index (χ1v) is 21.0. The molecule has 10 aromatic rings. The van der Waals surface area contributed by atoms with E-state index in [1.165, 1.54) is 77.8 Å². The van der Waals surface area contributed by atoms with E-state index < -0.39 is 0 Å². The summed E-state index contributed by atoms with van der Waals surface area (Å²) in [6.07, 6.45) is 0.842. The van der Waals surface area contributed by atoms with Gasteiger partial charge >= 0.3 is 0 Å². The lowest BCUT2D eigenvalue weighted by molar-refractivity contribution is 1.09. The van der Waals surface area contributed by atoms with Gasteiger partial charge in [0.2, 0.25) is 0 Å². The second kappa shape index (κ2) is 15.7. The third-order valence-electron chi connectivity index (χ3n) is 12.1. The predicted octanol–water partition coefficient (Wildman–Crippen LogP) is 16.4. The van der Waals surface area contributed by atoms with Crippen molar-refractivity contribution in [2.75, 3.05) is 9.80 Å². The maximum atomic E-state index is 2.45. The minimum absolute atomic E-state index is 0.842. The van der Waals surface area contributed by atoms with E-state index in [-0.39, 0.29) is 0 Å². The van der Waals surface area contributed by atoms with Crippen LogP contribution in [0.4, 0.5) is 34.1 Å². The van der Waals surface area contributed by atoms with Crippen molar-refractivity contribution in [2.24, 2.45) is 0 Å². The van der Waals surface area contributed by atoms with Gasteiger partial charge in [-0.3, -0.25) is 0 Å². The molecule has 0 aromatic heterocycles. The van der Waals surface area contributed by atoms with Gasteiger partial charge in [0.1, 0.15) is 0 Å². The van der Waals surface area contributed by atoms with Crippen LogP contribution in [0.5, 0.6) is 0 Å². The van der Waals surface area contributed by atoms with E-state index in [4.69, 9.17) is 0 Å². The molecule has 0 fully saturated rings. The summed E-state index contributed by atoms with van der Waals surface area (Å²) in [6.45, 7) is 0. The molecule has 2 nitrogen and oxygen atoms in total. The topological polar surface area (TPSA) is 6.48 Å². The van der Waals surface area contributed by atoms with E-state index in [1.54, 1.807) is 0 Å². The highest BCUT2D eigenvalue weighted by Crippen LogP contribution is 2.47. The Balaban J connectivity index is 0.963. The zero-order valence-electron chi connectivity index (χ0n) is 33.7. The van der Waals surface area contributed by atoms with Crippen LogP contribution >= 0.6 is 0 Å². The lowest BCUT2D eigenvalue weighted by Gasteiger charge is -2.34. The molecule has 0 atom stereocenters. The summed E-state index contributed by atoms with van der Waals surface area (Å²) < 4.78 is 0. The fraction of sp³-hybridized carbons (Fsp3) is 0.0169. The molecule has 0 amide bonds. The first-order chi connectivity index (χ1) is 30.2. The summed E-state index contributed by atoms with van der Waals surface area (Å²) in [7, 11) is 0. The Morgan fingerprint density at radius 1 is 0.311 bits per heavy atom. The molecule has 0 aliphatic carbocycles. The average Bonchev–Trinajstić information content (AvgIpc) is 3.34. The number of hydrogen-bond donors (Lipinski definition) is 0. The molecule has 11 rings (SSSR count). The monoisotopic (exact) mass is 778 g/mol. The van der Waals surface area contributed by atoms with E-state index in [2.05, 4.69) is 252 Å². The van der Waals surface area contributed by atoms with Crippen molar-refractivity contribution in [1.82, 2.24) is 0 Å². The molecule has 288 valence electrons. The molecular weight excluding hydrogens is 737 g/mol. The Morgan fingerprint density at radius 3 is 1.34 bits per heavy atom. The summed E-state index contributed by atoms with van der Waals surface area (Å²) in [4.78, 5) is 4.78. The highest BCUT2D eigenvalue weighted by Gasteiger charge is 2.26. The standard InChI is InChI=1S/C59H42N2/c1-4-13-42(14-5-1)44-23-31-53(32-24-44)60(52-19-8-3-9-20-52)54-33-27-46(28-34-54)48-29-37-58-50(39-48)41-51-40-49(57-22-12-18-47-17-10-11-21-56(47)57)30-38-59(51)61(58)55-35-25-45(26-36-55)43-15-6-2-7-16-43/h1-40H,41H2. The molecule has 61 heavy (non-hydrogen) atoms. The van der Waals surface area contributed by atoms with Gasteiger partial charge in [-0.2, -0.15) is 0 Å². The number of rotatable bonds is 8. The van der Waals surface area contributed by atoms with Crippen molar-refractivity contribution in [1.29, 1.82) is 0 Å². The lowest BCUT2D eigenvalue weighted by atomic mass is 9.89. The van der Waals surface area contributed by atoms with Gasteiger partial charge in [-0.05, 0) is 139 Å². The Hall–Kier alpha value is -7.94. The van der Waals surface area contributed by atoms with Crippen molar-refractivity contribution in [2.45, 2.75) is 6.42 Å². The Labute approximate surface area is 357 Å². The van der Waals surface area contributed by atoms with Gasteiger partial charge in [-0.25, -0.2) is 0 Å². The van der Waals surface area contributed by atoms with Gasteiger partial charge < -0.3 is 9.80 Å². The Bertz CT molecular complexity index is 3110. The lowest BCUT2D eigenvalue weighted by Crippen LogP contribution is -2.18. The fourth-order valence-corrected chi connectivity index (χ4v) is 9.02. The summed E-state index contributed by atoms with van der Waals surface area (Å²) in [5.74, 6) is 0. The van der Waals surface area contributed by atoms with Crippen LogP contribution in [0, 0.1) is 0 Å². The van der Waals surface area contributed by atoms with Gasteiger partial charge in [-0.15, -0.1) is 0 Å². The molecule has 1 aliphatic rings. The smallest absolute Gasteiger partial charge is 0.0497 e. The first-order valence-electron chi connectivity index (χ1n) is 21.0. The van der Waals surface area contributed by atoms with Crippen molar-refractivity contribution in [3.63, 3.8) is 0 Å². The van der Waals surface area contributed by atoms with Crippen molar-refractivity contribution >= 4 is 44.9 Å². The first kappa shape index (κ1) is 36.2. The third-order valence-corrected chi connectivity index (χ3v) is 12.1. The molecule has 0 bridgehead atoms. The minimum Gasteiger partial charge on any atom is -0.311 e. The quantitative estimate of drug-likeness (QED) is 0.152. The maximum absolute atomic E-state index is 2.45. The van der Waals surface area contributed by atoms with Crippen molar-refractivity contribution in [3.8, 4) is 44.5 Å². The third kappa shape index (κ3) is 6.94. The number of benzene rings is 10. The number of hydrogen-bond acceptors (Lipinski definition) is 2. The molecule has 0 saturated heterocycles. The van der Waals surface area contributed by atoms with Crippen LogP contribution in [0.2, 0.25) is 0 Å². The maximum Gasteiger partial charge on any atom is 0.0497 e. The number of para-hydroxylation sites is 1. The zero-order valence-corrected chi connectivity index (χ0v) is 33.7. The summed E-state index contributed by atoms with van der Waals surface area (Å²) in [5.41, 5.74) is 19.3. The molecule has 0 saturated carbocycles. The van der Waals surface area contributed by atoms with Gasteiger partial charge in [0, 0.05) is 40.5 Å². The number of nitrogens with zero attached hydrogens (tertiary/aromatic N) is 2. The molecule has 0 radical (unpaired) electrons. The second-order valence-corrected chi connectivity index (χ2v) is 15.8. The van der Waals surface area contributed by atoms with Crippen LogP contribution in [0.15, 0.2) is 243 Å². The highest BCUT2D eigenvalue weighted by atomic mass is 15.2. The Morgan fingerprint density at radius 2 is 0.738 bits per heavy atom. The Kier molecular flexibility index (Phi) is 9.29. The molecule has 1 aliphatic heterocycles. The van der Waals surface area contributed by atoms with Gasteiger partial charge in [0.15, 0.2) is 0 Å². The van der Waals surface area contributed by atoms with Gasteiger partial charge in [0.05, 0.1) is 0 Å². The average molecular weight is 779 g/mol. The molecule has 0 unspecified atom stereocenters. The minimum atomic E-state index is 0.842.